The molecule has 4 unspecified atom stereocenters. The molecular formula is C22H36N10O2. The molecule has 0 radical (unpaired) electrons. The molecule has 4 rings (SSSR count). The second-order valence-corrected chi connectivity index (χ2v) is 9.16. The third-order valence-electron chi connectivity index (χ3n) is 6.07. The van der Waals surface area contributed by atoms with Gasteiger partial charge in [-0.3, -0.25) is 0 Å². The van der Waals surface area contributed by atoms with Gasteiger partial charge in [0, 0.05) is 63.0 Å². The van der Waals surface area contributed by atoms with Crippen molar-refractivity contribution in [2.24, 2.45) is 22.9 Å². The van der Waals surface area contributed by atoms with E-state index in [1.54, 1.807) is 14.2 Å². The highest BCUT2D eigenvalue weighted by Crippen LogP contribution is 2.25. The number of nitrogens with one attached hydrogen (secondary N) is 1. The van der Waals surface area contributed by atoms with Gasteiger partial charge in [-0.05, 0) is 30.5 Å². The largest absolute Gasteiger partial charge is 0.497 e. The van der Waals surface area contributed by atoms with Gasteiger partial charge in [0.15, 0.2) is 0 Å². The number of nitrogens with zero attached hydrogens (tertiary/aromatic N) is 5. The zero-order valence-electron chi connectivity index (χ0n) is 19.9. The Morgan fingerprint density at radius 1 is 0.765 bits per heavy atom. The van der Waals surface area contributed by atoms with Crippen LogP contribution in [0.2, 0.25) is 0 Å². The molecular weight excluding hydrogens is 436 g/mol. The summed E-state index contributed by atoms with van der Waals surface area (Å²) in [6, 6.07) is 5.54. The van der Waals surface area contributed by atoms with Crippen molar-refractivity contribution >= 4 is 17.8 Å². The zero-order chi connectivity index (χ0) is 24.2. The molecule has 0 spiro atoms. The molecule has 0 aliphatic carbocycles. The first kappa shape index (κ1) is 24.2. The van der Waals surface area contributed by atoms with E-state index in [2.05, 4.69) is 15.3 Å². The minimum Gasteiger partial charge on any atom is -0.497 e. The minimum atomic E-state index is -0.0403. The standard InChI is InChI=1S/C22H36N10O2/c1-33-18-3-13(4-19(7-18)34-2)8-27-20-28-21(31-9-14(23)5-15(24)10-31)30-22(29-20)32-11-16(25)6-17(26)12-32/h3-4,7,14-17H,5-6,8-12,23-26H2,1-2H3,(H,27,28,29,30). The molecule has 186 valence electrons. The summed E-state index contributed by atoms with van der Waals surface area (Å²) in [6.45, 7) is 2.98. The average Bonchev–Trinajstić information content (AvgIpc) is 2.81. The van der Waals surface area contributed by atoms with E-state index in [9.17, 15) is 0 Å². The Morgan fingerprint density at radius 2 is 1.21 bits per heavy atom. The van der Waals surface area contributed by atoms with Crippen LogP contribution in [0.1, 0.15) is 18.4 Å². The van der Waals surface area contributed by atoms with Crippen molar-refractivity contribution < 1.29 is 9.47 Å². The topological polar surface area (TPSA) is 180 Å². The molecule has 9 N–H and O–H groups in total. The van der Waals surface area contributed by atoms with Gasteiger partial charge in [0.1, 0.15) is 11.5 Å². The van der Waals surface area contributed by atoms with Gasteiger partial charge in [0.05, 0.1) is 14.2 Å². The molecule has 12 nitrogen and oxygen atoms in total. The molecule has 2 saturated heterocycles. The summed E-state index contributed by atoms with van der Waals surface area (Å²) in [5, 5.41) is 3.32. The number of ether oxygens (including phenoxy) is 2. The van der Waals surface area contributed by atoms with Crippen LogP contribution in [0.15, 0.2) is 18.2 Å². The number of methoxy groups -OCH3 is 2. The molecule has 3 heterocycles. The van der Waals surface area contributed by atoms with Crippen LogP contribution in [0.4, 0.5) is 17.8 Å². The van der Waals surface area contributed by atoms with Crippen molar-refractivity contribution in [1.82, 2.24) is 15.0 Å². The van der Waals surface area contributed by atoms with Crippen LogP contribution in [0, 0.1) is 0 Å². The van der Waals surface area contributed by atoms with Crippen LogP contribution in [0.25, 0.3) is 0 Å². The molecule has 2 aromatic rings. The molecule has 0 saturated carbocycles. The monoisotopic (exact) mass is 472 g/mol. The summed E-state index contributed by atoms with van der Waals surface area (Å²) in [5.41, 5.74) is 25.8. The molecule has 2 aliphatic heterocycles. The fourth-order valence-electron chi connectivity index (χ4n) is 4.55. The first-order valence-corrected chi connectivity index (χ1v) is 11.6. The van der Waals surface area contributed by atoms with Gasteiger partial charge in [0.2, 0.25) is 17.8 Å². The van der Waals surface area contributed by atoms with Crippen LogP contribution in [0.3, 0.4) is 0 Å². The van der Waals surface area contributed by atoms with E-state index in [1.165, 1.54) is 0 Å². The highest BCUT2D eigenvalue weighted by atomic mass is 16.5. The first-order valence-electron chi connectivity index (χ1n) is 11.6. The van der Waals surface area contributed by atoms with Crippen molar-refractivity contribution in [3.63, 3.8) is 0 Å². The van der Waals surface area contributed by atoms with E-state index in [0.717, 1.165) is 18.4 Å². The SMILES string of the molecule is COc1cc(CNc2nc(N3CC(N)CC(N)C3)nc(N3CC(N)CC(N)C3)n2)cc(OC)c1. The Bertz CT molecular complexity index is 890. The lowest BCUT2D eigenvalue weighted by molar-refractivity contribution is 0.393. The van der Waals surface area contributed by atoms with Crippen LogP contribution in [0.5, 0.6) is 11.5 Å². The fourth-order valence-corrected chi connectivity index (χ4v) is 4.55. The molecule has 12 heteroatoms. The maximum Gasteiger partial charge on any atom is 0.232 e. The van der Waals surface area contributed by atoms with E-state index >= 15 is 0 Å². The van der Waals surface area contributed by atoms with Gasteiger partial charge in [-0.2, -0.15) is 15.0 Å². The lowest BCUT2D eigenvalue weighted by Gasteiger charge is -2.37. The van der Waals surface area contributed by atoms with Crippen LogP contribution in [-0.2, 0) is 6.54 Å². The molecule has 1 aromatic carbocycles. The van der Waals surface area contributed by atoms with Crippen molar-refractivity contribution in [3.8, 4) is 11.5 Å². The van der Waals surface area contributed by atoms with Crippen LogP contribution >= 0.6 is 0 Å². The number of hydrogen-bond acceptors (Lipinski definition) is 12. The van der Waals surface area contributed by atoms with Crippen molar-refractivity contribution in [2.75, 3.05) is 55.5 Å². The highest BCUT2D eigenvalue weighted by molar-refractivity contribution is 5.47. The smallest absolute Gasteiger partial charge is 0.232 e. The van der Waals surface area contributed by atoms with Gasteiger partial charge in [0.25, 0.3) is 0 Å². The molecule has 2 fully saturated rings. The summed E-state index contributed by atoms with van der Waals surface area (Å²) < 4.78 is 10.8. The summed E-state index contributed by atoms with van der Waals surface area (Å²) in [4.78, 5) is 18.2. The molecule has 4 atom stereocenters. The van der Waals surface area contributed by atoms with Gasteiger partial charge < -0.3 is 47.5 Å². The summed E-state index contributed by atoms with van der Waals surface area (Å²) in [7, 11) is 3.25. The lowest BCUT2D eigenvalue weighted by atomic mass is 10.0. The van der Waals surface area contributed by atoms with E-state index < -0.39 is 0 Å². The Hall–Kier alpha value is -2.93. The zero-order valence-corrected chi connectivity index (χ0v) is 19.9. The Balaban J connectivity index is 1.61. The van der Waals surface area contributed by atoms with Crippen LogP contribution < -0.4 is 47.5 Å². The number of rotatable bonds is 7. The molecule has 0 bridgehead atoms. The molecule has 2 aliphatic rings. The lowest BCUT2D eigenvalue weighted by Crippen LogP contribution is -2.54. The molecule has 34 heavy (non-hydrogen) atoms. The average molecular weight is 473 g/mol. The predicted octanol–water partition coefficient (Wildman–Crippen LogP) is -0.770. The van der Waals surface area contributed by atoms with Gasteiger partial charge >= 0.3 is 0 Å². The molecule has 0 amide bonds. The number of piperidine rings is 2. The number of aromatic nitrogens is 3. The van der Waals surface area contributed by atoms with Crippen molar-refractivity contribution in [2.45, 2.75) is 43.6 Å². The van der Waals surface area contributed by atoms with Gasteiger partial charge in [-0.15, -0.1) is 0 Å². The number of benzene rings is 1. The summed E-state index contributed by atoms with van der Waals surface area (Å²) >= 11 is 0. The highest BCUT2D eigenvalue weighted by Gasteiger charge is 2.28. The van der Waals surface area contributed by atoms with Crippen LogP contribution in [-0.4, -0.2) is 79.5 Å². The Morgan fingerprint density at radius 3 is 1.62 bits per heavy atom. The maximum absolute atomic E-state index is 6.22. The second-order valence-electron chi connectivity index (χ2n) is 9.16. The summed E-state index contributed by atoms with van der Waals surface area (Å²) in [5.74, 6) is 2.94. The first-order chi connectivity index (χ1) is 16.3. The van der Waals surface area contributed by atoms with Crippen molar-refractivity contribution in [1.29, 1.82) is 0 Å². The Kier molecular flexibility index (Phi) is 7.51. The normalized spacial score (nSPS) is 25.2. The van der Waals surface area contributed by atoms with E-state index in [1.807, 2.05) is 28.0 Å². The maximum atomic E-state index is 6.22. The third kappa shape index (κ3) is 5.95. The third-order valence-corrected chi connectivity index (χ3v) is 6.07. The number of hydrogen-bond donors (Lipinski definition) is 5. The van der Waals surface area contributed by atoms with Gasteiger partial charge in [-0.1, -0.05) is 0 Å². The fraction of sp³-hybridized carbons (Fsp3) is 0.591. The quantitative estimate of drug-likeness (QED) is 0.340. The summed E-state index contributed by atoms with van der Waals surface area (Å²) in [6.07, 6.45) is 1.54. The van der Waals surface area contributed by atoms with E-state index in [-0.39, 0.29) is 24.2 Å². The Labute approximate surface area is 200 Å². The van der Waals surface area contributed by atoms with Crippen molar-refractivity contribution in [3.05, 3.63) is 23.8 Å². The molecule has 1 aromatic heterocycles. The van der Waals surface area contributed by atoms with E-state index in [0.29, 0.717) is 62.1 Å². The number of nitrogens with two attached hydrogens (primary N) is 4. The predicted molar refractivity (Wildman–Crippen MR) is 132 cm³/mol. The second kappa shape index (κ2) is 10.6. The number of anilines is 3. The minimum absolute atomic E-state index is 0.0403. The van der Waals surface area contributed by atoms with Gasteiger partial charge in [-0.25, -0.2) is 0 Å². The van der Waals surface area contributed by atoms with E-state index in [4.69, 9.17) is 37.4 Å².